The van der Waals surface area contributed by atoms with Gasteiger partial charge in [-0.05, 0) is 25.0 Å². The predicted molar refractivity (Wildman–Crippen MR) is 58.0 cm³/mol. The molecule has 78 valence electrons. The van der Waals surface area contributed by atoms with Gasteiger partial charge in [-0.3, -0.25) is 0 Å². The Morgan fingerprint density at radius 3 is 2.86 bits per heavy atom. The molecular formula is C11H15ClFN. The van der Waals surface area contributed by atoms with Crippen LogP contribution in [0.1, 0.15) is 25.8 Å². The number of hydrogen-bond donors (Lipinski definition) is 1. The maximum absolute atomic E-state index is 13.0. The van der Waals surface area contributed by atoms with Crippen molar-refractivity contribution in [2.24, 2.45) is 0 Å². The zero-order chi connectivity index (χ0) is 10.6. The second-order valence-electron chi connectivity index (χ2n) is 3.40. The lowest BCUT2D eigenvalue weighted by Gasteiger charge is -2.12. The van der Waals surface area contributed by atoms with Crippen LogP contribution in [0.2, 0.25) is 5.02 Å². The van der Waals surface area contributed by atoms with Gasteiger partial charge in [-0.15, -0.1) is 0 Å². The molecule has 0 radical (unpaired) electrons. The summed E-state index contributed by atoms with van der Waals surface area (Å²) in [6.07, 6.45) is 1.05. The molecule has 1 aromatic rings. The first-order chi connectivity index (χ1) is 6.65. The SMILES string of the molecule is CCC(C)NCc1cccc(F)c1Cl. The molecule has 0 aromatic heterocycles. The van der Waals surface area contributed by atoms with Crippen LogP contribution >= 0.6 is 11.6 Å². The summed E-state index contributed by atoms with van der Waals surface area (Å²) < 4.78 is 13.0. The number of nitrogens with one attached hydrogen (secondary N) is 1. The molecule has 0 aliphatic carbocycles. The molecule has 0 amide bonds. The second-order valence-corrected chi connectivity index (χ2v) is 3.78. The van der Waals surface area contributed by atoms with Crippen LogP contribution in [0.25, 0.3) is 0 Å². The maximum Gasteiger partial charge on any atom is 0.142 e. The molecule has 14 heavy (non-hydrogen) atoms. The smallest absolute Gasteiger partial charge is 0.142 e. The van der Waals surface area contributed by atoms with Gasteiger partial charge in [-0.2, -0.15) is 0 Å². The minimum absolute atomic E-state index is 0.225. The van der Waals surface area contributed by atoms with Gasteiger partial charge in [0.1, 0.15) is 5.82 Å². The van der Waals surface area contributed by atoms with Crippen molar-refractivity contribution >= 4 is 11.6 Å². The summed E-state index contributed by atoms with van der Waals surface area (Å²) in [5.41, 5.74) is 0.812. The highest BCUT2D eigenvalue weighted by Gasteiger charge is 2.05. The van der Waals surface area contributed by atoms with Gasteiger partial charge in [0, 0.05) is 12.6 Å². The summed E-state index contributed by atoms with van der Waals surface area (Å²) in [6, 6.07) is 5.30. The third kappa shape index (κ3) is 2.96. The number of hydrogen-bond acceptors (Lipinski definition) is 1. The second kappa shape index (κ2) is 5.32. The molecule has 0 saturated carbocycles. The van der Waals surface area contributed by atoms with E-state index in [2.05, 4.69) is 19.2 Å². The summed E-state index contributed by atoms with van der Waals surface area (Å²) >= 11 is 5.80. The molecule has 0 bridgehead atoms. The molecule has 0 spiro atoms. The van der Waals surface area contributed by atoms with E-state index in [-0.39, 0.29) is 10.8 Å². The number of rotatable bonds is 4. The minimum Gasteiger partial charge on any atom is -0.310 e. The van der Waals surface area contributed by atoms with Crippen molar-refractivity contribution in [1.29, 1.82) is 0 Å². The standard InChI is InChI=1S/C11H15ClFN/c1-3-8(2)14-7-9-5-4-6-10(13)11(9)12/h4-6,8,14H,3,7H2,1-2H3. The molecule has 3 heteroatoms. The van der Waals surface area contributed by atoms with Gasteiger partial charge in [-0.1, -0.05) is 30.7 Å². The van der Waals surface area contributed by atoms with Crippen molar-refractivity contribution in [3.63, 3.8) is 0 Å². The third-order valence-corrected chi connectivity index (χ3v) is 2.71. The largest absolute Gasteiger partial charge is 0.310 e. The van der Waals surface area contributed by atoms with E-state index in [0.717, 1.165) is 12.0 Å². The van der Waals surface area contributed by atoms with Crippen LogP contribution in [-0.4, -0.2) is 6.04 Å². The molecule has 1 N–H and O–H groups in total. The zero-order valence-electron chi connectivity index (χ0n) is 8.48. The zero-order valence-corrected chi connectivity index (χ0v) is 9.24. The van der Waals surface area contributed by atoms with Crippen LogP contribution in [0.5, 0.6) is 0 Å². The molecule has 0 heterocycles. The molecular weight excluding hydrogens is 201 g/mol. The molecule has 1 aromatic carbocycles. The van der Waals surface area contributed by atoms with E-state index in [1.807, 2.05) is 6.07 Å². The molecule has 0 fully saturated rings. The molecule has 1 atom stereocenters. The van der Waals surface area contributed by atoms with Crippen molar-refractivity contribution in [3.05, 3.63) is 34.6 Å². The topological polar surface area (TPSA) is 12.0 Å². The fraction of sp³-hybridized carbons (Fsp3) is 0.455. The fourth-order valence-corrected chi connectivity index (χ4v) is 1.31. The number of benzene rings is 1. The van der Waals surface area contributed by atoms with Crippen LogP contribution in [0.15, 0.2) is 18.2 Å². The molecule has 0 aliphatic rings. The third-order valence-electron chi connectivity index (χ3n) is 2.28. The summed E-state index contributed by atoms with van der Waals surface area (Å²) in [5.74, 6) is -0.352. The highest BCUT2D eigenvalue weighted by Crippen LogP contribution is 2.19. The van der Waals surface area contributed by atoms with Crippen LogP contribution in [0, 0.1) is 5.82 Å². The Morgan fingerprint density at radius 1 is 1.50 bits per heavy atom. The lowest BCUT2D eigenvalue weighted by atomic mass is 10.2. The van der Waals surface area contributed by atoms with E-state index in [1.54, 1.807) is 6.07 Å². The Labute approximate surface area is 89.3 Å². The molecule has 0 saturated heterocycles. The van der Waals surface area contributed by atoms with E-state index in [4.69, 9.17) is 11.6 Å². The predicted octanol–water partition coefficient (Wildman–Crippen LogP) is 3.37. The van der Waals surface area contributed by atoms with E-state index >= 15 is 0 Å². The van der Waals surface area contributed by atoms with Gasteiger partial charge in [0.05, 0.1) is 5.02 Å². The maximum atomic E-state index is 13.0. The monoisotopic (exact) mass is 215 g/mol. The quantitative estimate of drug-likeness (QED) is 0.812. The van der Waals surface area contributed by atoms with Gasteiger partial charge in [0.25, 0.3) is 0 Å². The van der Waals surface area contributed by atoms with Crippen LogP contribution < -0.4 is 5.32 Å². The first-order valence-corrected chi connectivity index (χ1v) is 5.19. The van der Waals surface area contributed by atoms with Crippen molar-refractivity contribution in [2.45, 2.75) is 32.9 Å². The average molecular weight is 216 g/mol. The van der Waals surface area contributed by atoms with E-state index in [1.165, 1.54) is 6.07 Å². The van der Waals surface area contributed by atoms with Crippen LogP contribution in [0.3, 0.4) is 0 Å². The fourth-order valence-electron chi connectivity index (χ4n) is 1.11. The van der Waals surface area contributed by atoms with E-state index in [9.17, 15) is 4.39 Å². The highest BCUT2D eigenvalue weighted by molar-refractivity contribution is 6.31. The van der Waals surface area contributed by atoms with E-state index < -0.39 is 0 Å². The Bertz CT molecular complexity index is 301. The molecule has 1 nitrogen and oxygen atoms in total. The Hall–Kier alpha value is -0.600. The van der Waals surface area contributed by atoms with Crippen LogP contribution in [-0.2, 0) is 6.54 Å². The minimum atomic E-state index is -0.352. The lowest BCUT2D eigenvalue weighted by molar-refractivity contribution is 0.532. The van der Waals surface area contributed by atoms with Crippen molar-refractivity contribution < 1.29 is 4.39 Å². The summed E-state index contributed by atoms with van der Waals surface area (Å²) in [6.45, 7) is 4.81. The first kappa shape index (κ1) is 11.5. The normalized spacial score (nSPS) is 12.9. The highest BCUT2D eigenvalue weighted by atomic mass is 35.5. The van der Waals surface area contributed by atoms with Crippen molar-refractivity contribution in [3.8, 4) is 0 Å². The molecule has 1 unspecified atom stereocenters. The molecule has 0 aliphatic heterocycles. The summed E-state index contributed by atoms with van der Waals surface area (Å²) in [7, 11) is 0. The molecule has 1 rings (SSSR count). The van der Waals surface area contributed by atoms with Crippen LogP contribution in [0.4, 0.5) is 4.39 Å². The Morgan fingerprint density at radius 2 is 2.21 bits per heavy atom. The number of halogens is 2. The van der Waals surface area contributed by atoms with E-state index in [0.29, 0.717) is 12.6 Å². The Balaban J connectivity index is 2.63. The average Bonchev–Trinajstić information content (AvgIpc) is 2.20. The van der Waals surface area contributed by atoms with Gasteiger partial charge in [0.15, 0.2) is 0 Å². The van der Waals surface area contributed by atoms with Crippen molar-refractivity contribution in [1.82, 2.24) is 5.32 Å². The first-order valence-electron chi connectivity index (χ1n) is 4.81. The van der Waals surface area contributed by atoms with Gasteiger partial charge in [0.2, 0.25) is 0 Å². The van der Waals surface area contributed by atoms with Gasteiger partial charge >= 0.3 is 0 Å². The summed E-state index contributed by atoms with van der Waals surface area (Å²) in [4.78, 5) is 0. The lowest BCUT2D eigenvalue weighted by Crippen LogP contribution is -2.24. The summed E-state index contributed by atoms with van der Waals surface area (Å²) in [5, 5.41) is 3.49. The van der Waals surface area contributed by atoms with Gasteiger partial charge in [-0.25, -0.2) is 4.39 Å². The van der Waals surface area contributed by atoms with Crippen molar-refractivity contribution in [2.75, 3.05) is 0 Å². The Kier molecular flexibility index (Phi) is 4.36. The van der Waals surface area contributed by atoms with Gasteiger partial charge < -0.3 is 5.32 Å².